The van der Waals surface area contributed by atoms with Crippen molar-refractivity contribution >= 4 is 5.91 Å². The van der Waals surface area contributed by atoms with Gasteiger partial charge in [-0.25, -0.2) is 4.39 Å². The van der Waals surface area contributed by atoms with E-state index in [2.05, 4.69) is 10.2 Å². The van der Waals surface area contributed by atoms with Crippen molar-refractivity contribution in [1.29, 1.82) is 0 Å². The first-order valence-electron chi connectivity index (χ1n) is 7.77. The number of carbonyl (C=O) groups is 1. The van der Waals surface area contributed by atoms with Crippen LogP contribution in [0.25, 0.3) is 0 Å². The minimum atomic E-state index is -0.315. The van der Waals surface area contributed by atoms with Gasteiger partial charge < -0.3 is 14.1 Å². The van der Waals surface area contributed by atoms with E-state index in [-0.39, 0.29) is 23.7 Å². The summed E-state index contributed by atoms with van der Waals surface area (Å²) in [4.78, 5) is 14.1. The molecule has 1 aromatic heterocycles. The number of allylic oxidation sites excluding steroid dienone is 2. The van der Waals surface area contributed by atoms with E-state index in [1.165, 1.54) is 12.1 Å². The normalized spacial score (nSPS) is 18.2. The van der Waals surface area contributed by atoms with Crippen LogP contribution in [0, 0.1) is 5.82 Å². The molecule has 2 heterocycles. The zero-order chi connectivity index (χ0) is 16.9. The highest BCUT2D eigenvalue weighted by Crippen LogP contribution is 2.23. The van der Waals surface area contributed by atoms with Crippen molar-refractivity contribution in [3.05, 3.63) is 59.6 Å². The molecular weight excluding hydrogens is 313 g/mol. The zero-order valence-corrected chi connectivity index (χ0v) is 13.3. The van der Waals surface area contributed by atoms with Crippen LogP contribution in [0.5, 0.6) is 0 Å². The Labute approximate surface area is 138 Å². The molecule has 1 unspecified atom stereocenters. The molecule has 7 heteroatoms. The molecule has 0 saturated carbocycles. The number of hydrogen-bond acceptors (Lipinski definition) is 5. The average molecular weight is 331 g/mol. The van der Waals surface area contributed by atoms with Crippen molar-refractivity contribution in [1.82, 2.24) is 15.1 Å². The SMILES string of the molecule is CC=CCc1nnc(C(=O)N2CCOC(c3ccc(F)cc3)C2)o1. The lowest BCUT2D eigenvalue weighted by molar-refractivity contribution is -0.0240. The van der Waals surface area contributed by atoms with Crippen molar-refractivity contribution in [2.24, 2.45) is 0 Å². The first-order chi connectivity index (χ1) is 11.7. The van der Waals surface area contributed by atoms with E-state index in [0.29, 0.717) is 32.0 Å². The summed E-state index contributed by atoms with van der Waals surface area (Å²) in [6, 6.07) is 6.09. The maximum Gasteiger partial charge on any atom is 0.311 e. The Kier molecular flexibility index (Phi) is 5.00. The molecule has 0 spiro atoms. The molecule has 1 saturated heterocycles. The van der Waals surface area contributed by atoms with Crippen LogP contribution in [-0.2, 0) is 11.2 Å². The number of aromatic nitrogens is 2. The first kappa shape index (κ1) is 16.3. The Morgan fingerprint density at radius 2 is 2.17 bits per heavy atom. The van der Waals surface area contributed by atoms with E-state index in [4.69, 9.17) is 9.15 Å². The highest BCUT2D eigenvalue weighted by atomic mass is 19.1. The number of nitrogens with zero attached hydrogens (tertiary/aromatic N) is 3. The van der Waals surface area contributed by atoms with Gasteiger partial charge in [-0.15, -0.1) is 10.2 Å². The summed E-state index contributed by atoms with van der Waals surface area (Å²) in [6.07, 6.45) is 3.95. The number of benzene rings is 1. The monoisotopic (exact) mass is 331 g/mol. The van der Waals surface area contributed by atoms with Crippen molar-refractivity contribution < 1.29 is 18.3 Å². The lowest BCUT2D eigenvalue weighted by Gasteiger charge is -2.32. The maximum absolute atomic E-state index is 13.0. The van der Waals surface area contributed by atoms with Crippen LogP contribution in [0.1, 0.15) is 35.2 Å². The molecule has 1 amide bonds. The van der Waals surface area contributed by atoms with Crippen molar-refractivity contribution in [3.8, 4) is 0 Å². The van der Waals surface area contributed by atoms with Gasteiger partial charge in [-0.2, -0.15) is 0 Å². The summed E-state index contributed by atoms with van der Waals surface area (Å²) in [5, 5.41) is 7.69. The predicted molar refractivity (Wildman–Crippen MR) is 83.8 cm³/mol. The maximum atomic E-state index is 13.0. The van der Waals surface area contributed by atoms with E-state index >= 15 is 0 Å². The molecule has 1 atom stereocenters. The zero-order valence-electron chi connectivity index (χ0n) is 13.3. The molecular formula is C17H18FN3O3. The van der Waals surface area contributed by atoms with Gasteiger partial charge in [0, 0.05) is 13.0 Å². The second kappa shape index (κ2) is 7.35. The van der Waals surface area contributed by atoms with Crippen LogP contribution in [-0.4, -0.2) is 40.7 Å². The van der Waals surface area contributed by atoms with Crippen molar-refractivity contribution in [3.63, 3.8) is 0 Å². The molecule has 1 aliphatic rings. The van der Waals surface area contributed by atoms with Crippen molar-refractivity contribution in [2.45, 2.75) is 19.4 Å². The molecule has 0 bridgehead atoms. The molecule has 1 aliphatic heterocycles. The molecule has 1 fully saturated rings. The molecule has 1 aromatic carbocycles. The second-order valence-corrected chi connectivity index (χ2v) is 5.44. The largest absolute Gasteiger partial charge is 0.417 e. The summed E-state index contributed by atoms with van der Waals surface area (Å²) >= 11 is 0. The minimum Gasteiger partial charge on any atom is -0.417 e. The Morgan fingerprint density at radius 3 is 2.92 bits per heavy atom. The minimum absolute atomic E-state index is 0.0192. The summed E-state index contributed by atoms with van der Waals surface area (Å²) in [5.41, 5.74) is 0.827. The fraction of sp³-hybridized carbons (Fsp3) is 0.353. The second-order valence-electron chi connectivity index (χ2n) is 5.44. The van der Waals surface area contributed by atoms with Gasteiger partial charge in [-0.05, 0) is 24.6 Å². The topological polar surface area (TPSA) is 68.5 Å². The van der Waals surface area contributed by atoms with E-state index in [1.807, 2.05) is 19.1 Å². The fourth-order valence-corrected chi connectivity index (χ4v) is 2.49. The molecule has 0 aliphatic carbocycles. The third-order valence-corrected chi connectivity index (χ3v) is 3.77. The quantitative estimate of drug-likeness (QED) is 0.805. The van der Waals surface area contributed by atoms with Gasteiger partial charge >= 0.3 is 11.8 Å². The van der Waals surface area contributed by atoms with Crippen LogP contribution >= 0.6 is 0 Å². The van der Waals surface area contributed by atoms with Crippen LogP contribution in [0.4, 0.5) is 4.39 Å². The standard InChI is InChI=1S/C17H18FN3O3/c1-2-3-4-15-19-20-16(24-15)17(22)21-9-10-23-14(11-21)12-5-7-13(18)8-6-12/h2-3,5-8,14H,4,9-11H2,1H3. The summed E-state index contributed by atoms with van der Waals surface area (Å²) in [5.74, 6) is -0.235. The lowest BCUT2D eigenvalue weighted by Crippen LogP contribution is -2.42. The van der Waals surface area contributed by atoms with Crippen LogP contribution < -0.4 is 0 Å². The molecule has 6 nitrogen and oxygen atoms in total. The average Bonchev–Trinajstić information content (AvgIpc) is 3.09. The van der Waals surface area contributed by atoms with Gasteiger partial charge in [-0.1, -0.05) is 24.3 Å². The fourth-order valence-electron chi connectivity index (χ4n) is 2.49. The Bertz CT molecular complexity index is 727. The highest BCUT2D eigenvalue weighted by molar-refractivity contribution is 5.89. The number of morpholine rings is 1. The number of hydrogen-bond donors (Lipinski definition) is 0. The number of amides is 1. The molecule has 0 radical (unpaired) electrons. The Morgan fingerprint density at radius 1 is 1.38 bits per heavy atom. The molecule has 2 aromatic rings. The van der Waals surface area contributed by atoms with Crippen molar-refractivity contribution in [2.75, 3.05) is 19.7 Å². The van der Waals surface area contributed by atoms with Gasteiger partial charge in [0.2, 0.25) is 5.89 Å². The summed E-state index contributed by atoms with van der Waals surface area (Å²) in [7, 11) is 0. The van der Waals surface area contributed by atoms with Crippen LogP contribution in [0.15, 0.2) is 40.8 Å². The molecule has 126 valence electrons. The number of rotatable bonds is 4. The van der Waals surface area contributed by atoms with E-state index < -0.39 is 0 Å². The lowest BCUT2D eigenvalue weighted by atomic mass is 10.1. The highest BCUT2D eigenvalue weighted by Gasteiger charge is 2.29. The van der Waals surface area contributed by atoms with E-state index in [1.54, 1.807) is 17.0 Å². The van der Waals surface area contributed by atoms with Gasteiger partial charge in [0.25, 0.3) is 0 Å². The third kappa shape index (κ3) is 3.68. The number of carbonyl (C=O) groups excluding carboxylic acids is 1. The summed E-state index contributed by atoms with van der Waals surface area (Å²) < 4.78 is 24.1. The first-order valence-corrected chi connectivity index (χ1v) is 7.77. The Balaban J connectivity index is 1.68. The van der Waals surface area contributed by atoms with Crippen LogP contribution in [0.2, 0.25) is 0 Å². The smallest absolute Gasteiger partial charge is 0.311 e. The van der Waals surface area contributed by atoms with Gasteiger partial charge in [-0.3, -0.25) is 4.79 Å². The molecule has 24 heavy (non-hydrogen) atoms. The van der Waals surface area contributed by atoms with Gasteiger partial charge in [0.1, 0.15) is 11.9 Å². The number of ether oxygens (including phenoxy) is 1. The molecule has 0 N–H and O–H groups in total. The Hall–Kier alpha value is -2.54. The third-order valence-electron chi connectivity index (χ3n) is 3.77. The van der Waals surface area contributed by atoms with Crippen LogP contribution in [0.3, 0.4) is 0 Å². The predicted octanol–water partition coefficient (Wildman–Crippen LogP) is 2.54. The molecule has 3 rings (SSSR count). The van der Waals surface area contributed by atoms with Gasteiger partial charge in [0.15, 0.2) is 0 Å². The summed E-state index contributed by atoms with van der Waals surface area (Å²) in [6.45, 7) is 3.10. The van der Waals surface area contributed by atoms with Gasteiger partial charge in [0.05, 0.1) is 13.2 Å². The van der Waals surface area contributed by atoms with E-state index in [0.717, 1.165) is 5.56 Å². The van der Waals surface area contributed by atoms with E-state index in [9.17, 15) is 9.18 Å². The number of halogens is 1.